The molecule has 2 amide bonds. The molecule has 28 nitrogen and oxygen atoms in total. The summed E-state index contributed by atoms with van der Waals surface area (Å²) in [7, 11) is -16.4. The molecule has 13 N–H and O–H groups in total. The topological polar surface area (TPSA) is 441 Å². The molecule has 0 radical (unpaired) electrons. The maximum Gasteiger partial charge on any atom is 0.481 e. The van der Waals surface area contributed by atoms with Crippen LogP contribution in [0.2, 0.25) is 0 Å². The SMILES string of the molecule is C=CC(O)CC(=O)O.C=CC(O)CC(=O)SCCNC(=O)CCNC(=O)C(O)C(C)(C)COP(=O)(O)OP(=O)(O)OC[C@H]1O[C@@H](n2cnc3c(N)ncnc32)[C@H](O)[C@@H]1OP(=O)(O)O. The van der Waals surface area contributed by atoms with Crippen LogP contribution in [0.1, 0.15) is 39.3 Å². The van der Waals surface area contributed by atoms with Gasteiger partial charge in [-0.1, -0.05) is 37.8 Å². The Morgan fingerprint density at radius 2 is 1.60 bits per heavy atom. The fourth-order valence-electron chi connectivity index (χ4n) is 4.87. The van der Waals surface area contributed by atoms with Crippen LogP contribution in [0, 0.1) is 5.41 Å². The molecule has 1 aliphatic heterocycles. The lowest BCUT2D eigenvalue weighted by Crippen LogP contribution is -2.46. The Morgan fingerprint density at radius 1 is 0.984 bits per heavy atom. The number of aliphatic hydroxyl groups is 4. The molecule has 1 fully saturated rings. The van der Waals surface area contributed by atoms with Crippen molar-refractivity contribution < 1.29 is 101 Å². The average molecular weight is 982 g/mol. The first kappa shape index (κ1) is 55.6. The monoisotopic (exact) mass is 981 g/mol. The van der Waals surface area contributed by atoms with Crippen molar-refractivity contribution in [1.29, 1.82) is 0 Å². The number of hydrogen-bond donors (Lipinski definition) is 12. The van der Waals surface area contributed by atoms with E-state index < -0.39 is 103 Å². The molecule has 1 saturated heterocycles. The van der Waals surface area contributed by atoms with Gasteiger partial charge in [-0.25, -0.2) is 28.6 Å². The number of aliphatic carboxylic acids is 1. The molecular formula is C31H50N7O21P3S. The highest BCUT2D eigenvalue weighted by molar-refractivity contribution is 8.13. The van der Waals surface area contributed by atoms with Gasteiger partial charge in [0.05, 0.1) is 38.2 Å². The van der Waals surface area contributed by atoms with Crippen LogP contribution >= 0.6 is 35.2 Å². The van der Waals surface area contributed by atoms with Crippen molar-refractivity contribution >= 4 is 75.1 Å². The molecule has 0 aliphatic carbocycles. The quantitative estimate of drug-likeness (QED) is 0.0309. The first-order chi connectivity index (χ1) is 29.1. The normalized spacial score (nSPS) is 21.1. The number of hydrogen-bond acceptors (Lipinski definition) is 21. The van der Waals surface area contributed by atoms with Gasteiger partial charge in [0.1, 0.15) is 36.3 Å². The van der Waals surface area contributed by atoms with Gasteiger partial charge in [-0.3, -0.25) is 37.3 Å². The van der Waals surface area contributed by atoms with Crippen molar-refractivity contribution in [2.45, 2.75) is 76.0 Å². The molecule has 0 saturated carbocycles. The van der Waals surface area contributed by atoms with Gasteiger partial charge in [0.2, 0.25) is 11.8 Å². The minimum atomic E-state index is -5.58. The molecule has 356 valence electrons. The number of phosphoric ester groups is 3. The average Bonchev–Trinajstić information content (AvgIpc) is 3.74. The van der Waals surface area contributed by atoms with Crippen molar-refractivity contribution in [3.05, 3.63) is 38.0 Å². The Labute approximate surface area is 362 Å². The lowest BCUT2D eigenvalue weighted by atomic mass is 9.87. The summed E-state index contributed by atoms with van der Waals surface area (Å²) >= 11 is 0.906. The fraction of sp³-hybridized carbons (Fsp3) is 0.581. The van der Waals surface area contributed by atoms with Crippen molar-refractivity contribution in [3.8, 4) is 0 Å². The molecule has 2 aromatic rings. The summed E-state index contributed by atoms with van der Waals surface area (Å²) in [5.74, 6) is -2.32. The van der Waals surface area contributed by atoms with Gasteiger partial charge in [0.25, 0.3) is 0 Å². The highest BCUT2D eigenvalue weighted by Crippen LogP contribution is 2.61. The Kier molecular flexibility index (Phi) is 21.7. The van der Waals surface area contributed by atoms with E-state index in [1.165, 1.54) is 26.0 Å². The first-order valence-electron chi connectivity index (χ1n) is 18.0. The molecule has 63 heavy (non-hydrogen) atoms. The number of nitrogens with zero attached hydrogens (tertiary/aromatic N) is 4. The minimum Gasteiger partial charge on any atom is -0.481 e. The number of rotatable bonds is 25. The number of fused-ring (bicyclic) bond motifs is 1. The molecule has 0 aromatic carbocycles. The molecule has 3 heterocycles. The first-order valence-corrected chi connectivity index (χ1v) is 23.5. The molecule has 0 bridgehead atoms. The summed E-state index contributed by atoms with van der Waals surface area (Å²) < 4.78 is 61.9. The number of phosphoric acid groups is 3. The van der Waals surface area contributed by atoms with Crippen LogP contribution < -0.4 is 16.4 Å². The van der Waals surface area contributed by atoms with Crippen molar-refractivity contribution in [1.82, 2.24) is 30.2 Å². The summed E-state index contributed by atoms with van der Waals surface area (Å²) in [5.41, 5.74) is 4.22. The van der Waals surface area contributed by atoms with Gasteiger partial charge in [0.15, 0.2) is 22.8 Å². The maximum atomic E-state index is 12.7. The van der Waals surface area contributed by atoms with Gasteiger partial charge in [-0.15, -0.1) is 13.2 Å². The number of amides is 2. The second-order valence-corrected chi connectivity index (χ2v) is 19.1. The number of carboxylic acids is 1. The highest BCUT2D eigenvalue weighted by atomic mass is 32.2. The van der Waals surface area contributed by atoms with E-state index in [9.17, 15) is 67.8 Å². The standard InChI is InChI=1S/C26H42N7O18P3S.C5H8O3/c1-4-14(34)9-17(36)55-8-7-28-16(35)5-6-29-24(39)21(38)26(2,3)11-48-54(45,46)51-53(43,44)47-10-15-20(50-52(40,41)42)19(37)25(49-15)33-13-32-18-22(27)30-12-31-23(18)33;1-2-4(6)3-5(7)8/h4,12-15,19-21,25,34,37-38H,1,5-11H2,2-3H3,(H,28,35)(H,29,39)(H,43,44)(H,45,46)(H2,27,30,31)(H2,40,41,42);2,4,6H,1,3H2,(H,7,8)/t14?,15-,19-,20-,21?,25-;/m1./s1. The molecule has 32 heteroatoms. The third-order valence-electron chi connectivity index (χ3n) is 8.07. The number of nitrogens with one attached hydrogen (secondary N) is 2. The molecule has 9 atom stereocenters. The van der Waals surface area contributed by atoms with Crippen LogP contribution in [0.15, 0.2) is 38.0 Å². The third-order valence-corrected chi connectivity index (χ3v) is 12.1. The number of carbonyl (C=O) groups excluding carboxylic acids is 3. The molecule has 3 rings (SSSR count). The molecule has 1 aliphatic rings. The highest BCUT2D eigenvalue weighted by Gasteiger charge is 2.50. The van der Waals surface area contributed by atoms with Crippen molar-refractivity contribution in [3.63, 3.8) is 0 Å². The number of imidazole rings is 1. The van der Waals surface area contributed by atoms with E-state index in [2.05, 4.69) is 47.6 Å². The lowest BCUT2D eigenvalue weighted by molar-refractivity contribution is -0.139. The zero-order valence-corrected chi connectivity index (χ0v) is 37.0. The summed E-state index contributed by atoms with van der Waals surface area (Å²) in [6.45, 7) is 6.88. The second kappa shape index (κ2) is 24.6. The van der Waals surface area contributed by atoms with Crippen LogP contribution in [-0.2, 0) is 55.5 Å². The zero-order chi connectivity index (χ0) is 47.9. The summed E-state index contributed by atoms with van der Waals surface area (Å²) in [5, 5.41) is 51.8. The van der Waals surface area contributed by atoms with Gasteiger partial charge >= 0.3 is 29.4 Å². The predicted octanol–water partition coefficient (Wildman–Crippen LogP) is -1.39. The van der Waals surface area contributed by atoms with Crippen molar-refractivity contribution in [2.75, 3.05) is 37.8 Å². The number of aliphatic hydroxyl groups excluding tert-OH is 4. The van der Waals surface area contributed by atoms with Gasteiger partial charge in [-0.2, -0.15) is 4.31 Å². The summed E-state index contributed by atoms with van der Waals surface area (Å²) in [6.07, 6.45) is -6.86. The number of nitrogens with two attached hydrogens (primary N) is 1. The second-order valence-electron chi connectivity index (χ2n) is 13.7. The molecule has 0 spiro atoms. The van der Waals surface area contributed by atoms with Gasteiger partial charge in [-0.05, 0) is 0 Å². The fourth-order valence-corrected chi connectivity index (χ4v) is 8.42. The van der Waals surface area contributed by atoms with Crippen LogP contribution in [0.4, 0.5) is 5.82 Å². The number of aromatic nitrogens is 4. The Hall–Kier alpha value is -3.57. The maximum absolute atomic E-state index is 12.7. The molecule has 5 unspecified atom stereocenters. The zero-order valence-electron chi connectivity index (χ0n) is 33.5. The number of nitrogen functional groups attached to an aromatic ring is 1. The van der Waals surface area contributed by atoms with Crippen LogP contribution in [0.5, 0.6) is 0 Å². The van der Waals surface area contributed by atoms with E-state index in [4.69, 9.17) is 29.7 Å². The van der Waals surface area contributed by atoms with E-state index in [-0.39, 0.29) is 60.2 Å². The summed E-state index contributed by atoms with van der Waals surface area (Å²) in [4.78, 5) is 96.8. The van der Waals surface area contributed by atoms with E-state index in [0.29, 0.717) is 0 Å². The number of thioether (sulfide) groups is 1. The Balaban J connectivity index is 0.00000155. The largest absolute Gasteiger partial charge is 0.481 e. The predicted molar refractivity (Wildman–Crippen MR) is 216 cm³/mol. The Bertz CT molecular complexity index is 2060. The van der Waals surface area contributed by atoms with Crippen LogP contribution in [0.25, 0.3) is 11.2 Å². The van der Waals surface area contributed by atoms with E-state index in [1.54, 1.807) is 0 Å². The Morgan fingerprint density at radius 3 is 2.19 bits per heavy atom. The number of carboxylic acid groups (broad SMARTS) is 1. The number of anilines is 1. The van der Waals surface area contributed by atoms with Crippen LogP contribution in [-0.4, -0.2) is 156 Å². The van der Waals surface area contributed by atoms with Gasteiger partial charge in [0, 0.05) is 37.1 Å². The van der Waals surface area contributed by atoms with E-state index in [1.807, 2.05) is 0 Å². The number of carbonyl (C=O) groups is 4. The minimum absolute atomic E-state index is 0.0242. The molecule has 2 aromatic heterocycles. The molecular weight excluding hydrogens is 931 g/mol. The van der Waals surface area contributed by atoms with E-state index in [0.717, 1.165) is 29.0 Å². The van der Waals surface area contributed by atoms with Crippen LogP contribution in [0.3, 0.4) is 0 Å². The lowest BCUT2D eigenvalue weighted by Gasteiger charge is -2.30. The van der Waals surface area contributed by atoms with Gasteiger partial charge < -0.3 is 66.2 Å². The van der Waals surface area contributed by atoms with E-state index >= 15 is 0 Å². The number of ether oxygens (including phenoxy) is 1. The summed E-state index contributed by atoms with van der Waals surface area (Å²) in [6, 6.07) is 0. The van der Waals surface area contributed by atoms with Crippen molar-refractivity contribution in [2.24, 2.45) is 5.41 Å². The third kappa shape index (κ3) is 19.2. The smallest absolute Gasteiger partial charge is 0.481 e.